The summed E-state index contributed by atoms with van der Waals surface area (Å²) in [5.41, 5.74) is 0.483. The Kier molecular flexibility index (Phi) is 3.05. The first-order valence-corrected chi connectivity index (χ1v) is 5.02. The van der Waals surface area contributed by atoms with Crippen molar-refractivity contribution < 1.29 is 14.3 Å². The minimum atomic E-state index is -0.566. The Balaban J connectivity index is 2.17. The van der Waals surface area contributed by atoms with Crippen LogP contribution in [0.25, 0.3) is 0 Å². The molecule has 4 heteroatoms. The Labute approximate surface area is 97.5 Å². The van der Waals surface area contributed by atoms with Crippen LogP contribution in [-0.2, 0) is 0 Å². The maximum atomic E-state index is 13.3. The number of carbonyl (C=O) groups excluding carboxylic acids is 1. The molecule has 0 unspecified atom stereocenters. The monoisotopic (exact) mass is 231 g/mol. The zero-order chi connectivity index (χ0) is 12.3. The quantitative estimate of drug-likeness (QED) is 0.781. The third-order valence-electron chi connectivity index (χ3n) is 2.24. The van der Waals surface area contributed by atoms with Crippen LogP contribution in [0.4, 0.5) is 10.1 Å². The lowest BCUT2D eigenvalue weighted by molar-refractivity contribution is 0.102. The number of rotatable bonds is 2. The highest BCUT2D eigenvalue weighted by Gasteiger charge is 2.10. The molecule has 0 aliphatic carbocycles. The number of hydrogen-bond acceptors (Lipinski definition) is 2. The van der Waals surface area contributed by atoms with Crippen LogP contribution in [0.3, 0.4) is 0 Å². The van der Waals surface area contributed by atoms with Gasteiger partial charge in [0.1, 0.15) is 11.6 Å². The number of halogens is 1. The van der Waals surface area contributed by atoms with Crippen LogP contribution >= 0.6 is 0 Å². The summed E-state index contributed by atoms with van der Waals surface area (Å²) < 4.78 is 13.3. The minimum absolute atomic E-state index is 0.0134. The molecule has 17 heavy (non-hydrogen) atoms. The van der Waals surface area contributed by atoms with Crippen LogP contribution in [0.5, 0.6) is 5.75 Å². The first-order chi connectivity index (χ1) is 8.16. The van der Waals surface area contributed by atoms with E-state index in [1.807, 2.05) is 0 Å². The fraction of sp³-hybridized carbons (Fsp3) is 0. The number of nitrogens with one attached hydrogen (secondary N) is 1. The molecule has 0 saturated heterocycles. The van der Waals surface area contributed by atoms with Gasteiger partial charge in [-0.3, -0.25) is 4.79 Å². The molecule has 0 bridgehead atoms. The lowest BCUT2D eigenvalue weighted by Gasteiger charge is -2.05. The van der Waals surface area contributed by atoms with E-state index in [1.54, 1.807) is 6.07 Å². The van der Waals surface area contributed by atoms with Gasteiger partial charge >= 0.3 is 0 Å². The number of aromatic hydroxyl groups is 1. The summed E-state index contributed by atoms with van der Waals surface area (Å²) in [6.45, 7) is 0. The fourth-order valence-electron chi connectivity index (χ4n) is 1.39. The maximum Gasteiger partial charge on any atom is 0.258 e. The Morgan fingerprint density at radius 2 is 1.71 bits per heavy atom. The first-order valence-electron chi connectivity index (χ1n) is 5.02. The predicted molar refractivity (Wildman–Crippen MR) is 62.5 cm³/mol. The van der Waals surface area contributed by atoms with Gasteiger partial charge in [0.25, 0.3) is 5.91 Å². The van der Waals surface area contributed by atoms with Crippen molar-refractivity contribution in [2.24, 2.45) is 0 Å². The van der Waals surface area contributed by atoms with Gasteiger partial charge in [-0.25, -0.2) is 4.39 Å². The van der Waals surface area contributed by atoms with Crippen LogP contribution in [0.2, 0.25) is 0 Å². The van der Waals surface area contributed by atoms with Gasteiger partial charge in [0.05, 0.1) is 5.56 Å². The molecule has 0 atom stereocenters. The molecule has 3 nitrogen and oxygen atoms in total. The van der Waals surface area contributed by atoms with E-state index in [9.17, 15) is 9.18 Å². The number of hydrogen-bond donors (Lipinski definition) is 2. The van der Waals surface area contributed by atoms with Gasteiger partial charge in [0.2, 0.25) is 0 Å². The van der Waals surface area contributed by atoms with Gasteiger partial charge in [-0.15, -0.1) is 0 Å². The van der Waals surface area contributed by atoms with E-state index >= 15 is 0 Å². The Hall–Kier alpha value is -2.36. The maximum absolute atomic E-state index is 13.3. The van der Waals surface area contributed by atoms with Crippen molar-refractivity contribution in [3.8, 4) is 5.75 Å². The summed E-state index contributed by atoms with van der Waals surface area (Å²) >= 11 is 0. The third-order valence-corrected chi connectivity index (χ3v) is 2.24. The first kappa shape index (κ1) is 11.1. The molecule has 2 aromatic rings. The van der Waals surface area contributed by atoms with E-state index in [0.717, 1.165) is 0 Å². The predicted octanol–water partition coefficient (Wildman–Crippen LogP) is 2.78. The van der Waals surface area contributed by atoms with E-state index in [0.29, 0.717) is 5.69 Å². The van der Waals surface area contributed by atoms with Crippen LogP contribution in [-0.4, -0.2) is 11.0 Å². The molecule has 0 radical (unpaired) electrons. The zero-order valence-corrected chi connectivity index (χ0v) is 8.85. The topological polar surface area (TPSA) is 49.3 Å². The van der Waals surface area contributed by atoms with Crippen LogP contribution in [0.1, 0.15) is 10.4 Å². The molecule has 86 valence electrons. The lowest BCUT2D eigenvalue weighted by atomic mass is 10.2. The molecule has 0 spiro atoms. The number of anilines is 1. The van der Waals surface area contributed by atoms with E-state index < -0.39 is 11.7 Å². The van der Waals surface area contributed by atoms with E-state index in [4.69, 9.17) is 5.11 Å². The summed E-state index contributed by atoms with van der Waals surface area (Å²) in [5, 5.41) is 11.6. The second-order valence-electron chi connectivity index (χ2n) is 3.48. The Morgan fingerprint density at radius 3 is 2.35 bits per heavy atom. The molecule has 0 aromatic heterocycles. The normalized spacial score (nSPS) is 9.94. The highest BCUT2D eigenvalue weighted by atomic mass is 19.1. The molecule has 2 N–H and O–H groups in total. The van der Waals surface area contributed by atoms with Gasteiger partial charge in [0.15, 0.2) is 0 Å². The van der Waals surface area contributed by atoms with Gasteiger partial charge < -0.3 is 10.4 Å². The smallest absolute Gasteiger partial charge is 0.258 e. The molecule has 1 amide bonds. The minimum Gasteiger partial charge on any atom is -0.508 e. The molecule has 2 aromatic carbocycles. The van der Waals surface area contributed by atoms with Crippen LogP contribution in [0.15, 0.2) is 48.5 Å². The molecule has 0 fully saturated rings. The second-order valence-corrected chi connectivity index (χ2v) is 3.48. The van der Waals surface area contributed by atoms with E-state index in [1.165, 1.54) is 42.5 Å². The van der Waals surface area contributed by atoms with Crippen LogP contribution in [0, 0.1) is 5.82 Å². The highest BCUT2D eigenvalue weighted by molar-refractivity contribution is 6.04. The van der Waals surface area contributed by atoms with Crippen molar-refractivity contribution in [2.75, 3.05) is 5.32 Å². The van der Waals surface area contributed by atoms with Crippen molar-refractivity contribution in [3.63, 3.8) is 0 Å². The summed E-state index contributed by atoms with van der Waals surface area (Å²) in [5.74, 6) is -0.980. The average Bonchev–Trinajstić information content (AvgIpc) is 2.32. The molecule has 0 heterocycles. The molecule has 0 saturated carbocycles. The van der Waals surface area contributed by atoms with Crippen molar-refractivity contribution in [2.45, 2.75) is 0 Å². The SMILES string of the molecule is O=C(Nc1ccc(O)cc1)c1ccccc1F. The molecule has 2 rings (SSSR count). The summed E-state index contributed by atoms with van der Waals surface area (Å²) in [4.78, 5) is 11.7. The second kappa shape index (κ2) is 4.65. The van der Waals surface area contributed by atoms with Gasteiger partial charge in [-0.1, -0.05) is 12.1 Å². The standard InChI is InChI=1S/C13H10FNO2/c14-12-4-2-1-3-11(12)13(17)15-9-5-7-10(16)8-6-9/h1-8,16H,(H,15,17). The largest absolute Gasteiger partial charge is 0.508 e. The third kappa shape index (κ3) is 2.60. The Bertz CT molecular complexity index is 537. The average molecular weight is 231 g/mol. The molecule has 0 aliphatic rings. The van der Waals surface area contributed by atoms with E-state index in [-0.39, 0.29) is 11.3 Å². The van der Waals surface area contributed by atoms with Crippen molar-refractivity contribution in [1.82, 2.24) is 0 Å². The van der Waals surface area contributed by atoms with Gasteiger partial charge in [0, 0.05) is 5.69 Å². The number of amides is 1. The molecule has 0 aliphatic heterocycles. The van der Waals surface area contributed by atoms with Crippen LogP contribution < -0.4 is 5.32 Å². The van der Waals surface area contributed by atoms with Gasteiger partial charge in [-0.05, 0) is 36.4 Å². The number of carbonyl (C=O) groups is 1. The number of phenols is 1. The summed E-state index contributed by atoms with van der Waals surface area (Å²) in [7, 11) is 0. The summed E-state index contributed by atoms with van der Waals surface area (Å²) in [6.07, 6.45) is 0. The van der Waals surface area contributed by atoms with E-state index in [2.05, 4.69) is 5.32 Å². The fourth-order valence-corrected chi connectivity index (χ4v) is 1.39. The molecular formula is C13H10FNO2. The number of benzene rings is 2. The Morgan fingerprint density at radius 1 is 1.06 bits per heavy atom. The number of phenolic OH excluding ortho intramolecular Hbond substituents is 1. The van der Waals surface area contributed by atoms with Gasteiger partial charge in [-0.2, -0.15) is 0 Å². The highest BCUT2D eigenvalue weighted by Crippen LogP contribution is 2.15. The molecular weight excluding hydrogens is 221 g/mol. The summed E-state index contributed by atoms with van der Waals surface area (Å²) in [6, 6.07) is 11.7. The van der Waals surface area contributed by atoms with Crippen molar-refractivity contribution >= 4 is 11.6 Å². The van der Waals surface area contributed by atoms with Crippen molar-refractivity contribution in [1.29, 1.82) is 0 Å². The lowest BCUT2D eigenvalue weighted by Crippen LogP contribution is -2.13. The zero-order valence-electron chi connectivity index (χ0n) is 8.85. The van der Waals surface area contributed by atoms with Crippen molar-refractivity contribution in [3.05, 3.63) is 59.9 Å².